The second-order valence-electron chi connectivity index (χ2n) is 8.29. The molecule has 0 amide bonds. The molecule has 168 valence electrons. The molecule has 0 radical (unpaired) electrons. The van der Waals surface area contributed by atoms with E-state index in [0.717, 1.165) is 12.8 Å². The summed E-state index contributed by atoms with van der Waals surface area (Å²) >= 11 is 11.9. The van der Waals surface area contributed by atoms with Gasteiger partial charge in [-0.3, -0.25) is 0 Å². The van der Waals surface area contributed by atoms with Crippen molar-refractivity contribution in [3.8, 4) is 11.5 Å². The van der Waals surface area contributed by atoms with Crippen LogP contribution in [0.5, 0.6) is 11.5 Å². The molecule has 0 aliphatic carbocycles. The molecular formula is C23H23Cl2FN4O2. The van der Waals surface area contributed by atoms with Crippen molar-refractivity contribution in [2.45, 2.75) is 50.3 Å². The lowest BCUT2D eigenvalue weighted by atomic mass is 9.85. The van der Waals surface area contributed by atoms with Gasteiger partial charge >= 0.3 is 0 Å². The monoisotopic (exact) mass is 476 g/mol. The van der Waals surface area contributed by atoms with E-state index in [0.29, 0.717) is 40.3 Å². The van der Waals surface area contributed by atoms with Gasteiger partial charge in [0.1, 0.15) is 18.2 Å². The van der Waals surface area contributed by atoms with Crippen LogP contribution < -0.4 is 20.1 Å². The Bertz CT molecular complexity index is 1150. The van der Waals surface area contributed by atoms with Gasteiger partial charge < -0.3 is 20.1 Å². The molecule has 9 heteroatoms. The van der Waals surface area contributed by atoms with Crippen LogP contribution >= 0.6 is 23.2 Å². The molecule has 6 nitrogen and oxygen atoms in total. The molecule has 3 heterocycles. The van der Waals surface area contributed by atoms with Crippen LogP contribution in [-0.4, -0.2) is 35.3 Å². The highest BCUT2D eigenvalue weighted by atomic mass is 35.5. The number of fused-ring (bicyclic) bond motifs is 3. The van der Waals surface area contributed by atoms with E-state index < -0.39 is 5.82 Å². The second-order valence-corrected chi connectivity index (χ2v) is 9.08. The molecule has 32 heavy (non-hydrogen) atoms. The minimum atomic E-state index is -0.642. The van der Waals surface area contributed by atoms with Gasteiger partial charge in [0.15, 0.2) is 17.3 Å². The van der Waals surface area contributed by atoms with Crippen LogP contribution in [0.1, 0.15) is 32.1 Å². The number of aromatic nitrogens is 2. The van der Waals surface area contributed by atoms with Crippen molar-refractivity contribution >= 4 is 45.6 Å². The number of hydrogen-bond acceptors (Lipinski definition) is 6. The van der Waals surface area contributed by atoms with E-state index in [2.05, 4.69) is 20.6 Å². The fourth-order valence-corrected chi connectivity index (χ4v) is 4.97. The van der Waals surface area contributed by atoms with Gasteiger partial charge in [0, 0.05) is 23.5 Å². The van der Waals surface area contributed by atoms with Crippen LogP contribution in [-0.2, 0) is 0 Å². The first-order valence-electron chi connectivity index (χ1n) is 10.7. The third-order valence-corrected chi connectivity index (χ3v) is 6.96. The number of ether oxygens (including phenoxy) is 2. The highest BCUT2D eigenvalue weighted by Crippen LogP contribution is 2.38. The van der Waals surface area contributed by atoms with Gasteiger partial charge in [-0.2, -0.15) is 0 Å². The maximum absolute atomic E-state index is 14.6. The molecular weight excluding hydrogens is 454 g/mol. The lowest BCUT2D eigenvalue weighted by Gasteiger charge is -2.40. The first-order chi connectivity index (χ1) is 15.5. The number of nitrogens with one attached hydrogen (secondary N) is 2. The zero-order chi connectivity index (χ0) is 22.2. The van der Waals surface area contributed by atoms with Crippen molar-refractivity contribution in [2.75, 3.05) is 12.4 Å². The van der Waals surface area contributed by atoms with Crippen LogP contribution in [0, 0.1) is 5.82 Å². The van der Waals surface area contributed by atoms with E-state index in [1.54, 1.807) is 7.11 Å². The summed E-state index contributed by atoms with van der Waals surface area (Å²) in [6.07, 6.45) is 7.07. The van der Waals surface area contributed by atoms with E-state index in [-0.39, 0.29) is 21.8 Å². The number of nitrogens with zero attached hydrogens (tertiary/aromatic N) is 2. The van der Waals surface area contributed by atoms with E-state index in [9.17, 15) is 4.39 Å². The standard InChI is InChI=1S/C23H23Cl2FN4O2/c1-31-19-10-18-15(9-20(19)32-14-7-12-3-2-4-13(8-14)29-12)23(28-11-27-18)30-17-6-5-16(24)21(25)22(17)26/h5-6,9-14,29H,2-4,7-8H2,1H3,(H,27,28,30). The maximum Gasteiger partial charge on any atom is 0.166 e. The van der Waals surface area contributed by atoms with Crippen molar-refractivity contribution in [1.82, 2.24) is 15.3 Å². The van der Waals surface area contributed by atoms with E-state index in [4.69, 9.17) is 32.7 Å². The van der Waals surface area contributed by atoms with Crippen LogP contribution in [0.2, 0.25) is 10.0 Å². The molecule has 2 aliphatic rings. The Balaban J connectivity index is 1.48. The average molecular weight is 477 g/mol. The average Bonchev–Trinajstić information content (AvgIpc) is 2.79. The first kappa shape index (κ1) is 21.5. The molecule has 2 aromatic carbocycles. The lowest BCUT2D eigenvalue weighted by Crippen LogP contribution is -2.51. The van der Waals surface area contributed by atoms with Crippen molar-refractivity contribution in [1.29, 1.82) is 0 Å². The molecule has 2 unspecified atom stereocenters. The van der Waals surface area contributed by atoms with Crippen molar-refractivity contribution < 1.29 is 13.9 Å². The molecule has 2 N–H and O–H groups in total. The summed E-state index contributed by atoms with van der Waals surface area (Å²) in [6, 6.07) is 7.71. The van der Waals surface area contributed by atoms with Gasteiger partial charge in [0.05, 0.1) is 28.4 Å². The Labute approximate surface area is 195 Å². The summed E-state index contributed by atoms with van der Waals surface area (Å²) in [6.45, 7) is 0. The van der Waals surface area contributed by atoms with Crippen LogP contribution in [0.25, 0.3) is 10.9 Å². The topological polar surface area (TPSA) is 68.3 Å². The Hall–Kier alpha value is -2.35. The van der Waals surface area contributed by atoms with Gasteiger partial charge in [-0.1, -0.05) is 29.6 Å². The van der Waals surface area contributed by atoms with Crippen LogP contribution in [0.4, 0.5) is 15.9 Å². The number of halogens is 3. The normalized spacial score (nSPS) is 22.6. The van der Waals surface area contributed by atoms with E-state index >= 15 is 0 Å². The van der Waals surface area contributed by atoms with E-state index in [1.807, 2.05) is 12.1 Å². The maximum atomic E-state index is 14.6. The zero-order valence-electron chi connectivity index (χ0n) is 17.5. The summed E-state index contributed by atoms with van der Waals surface area (Å²) < 4.78 is 26.6. The molecule has 2 saturated heterocycles. The quantitative estimate of drug-likeness (QED) is 0.448. The van der Waals surface area contributed by atoms with Crippen LogP contribution in [0.15, 0.2) is 30.6 Å². The number of methoxy groups -OCH3 is 1. The fraction of sp³-hybridized carbons (Fsp3) is 0.391. The largest absolute Gasteiger partial charge is 0.493 e. The summed E-state index contributed by atoms with van der Waals surface area (Å²) in [5.74, 6) is 1.02. The van der Waals surface area contributed by atoms with E-state index in [1.165, 1.54) is 37.7 Å². The minimum absolute atomic E-state index is 0.103. The Morgan fingerprint density at radius 1 is 1.09 bits per heavy atom. The molecule has 3 aromatic rings. The van der Waals surface area contributed by atoms with Gasteiger partial charge in [-0.05, 0) is 43.9 Å². The Morgan fingerprint density at radius 3 is 2.62 bits per heavy atom. The predicted molar refractivity (Wildman–Crippen MR) is 124 cm³/mol. The highest BCUT2D eigenvalue weighted by molar-refractivity contribution is 6.42. The number of piperidine rings is 2. The third-order valence-electron chi connectivity index (χ3n) is 6.17. The third kappa shape index (κ3) is 4.17. The SMILES string of the molecule is COc1cc2ncnc(Nc3ccc(Cl)c(Cl)c3F)c2cc1OC1CC2CCCC(C1)N2. The number of hydrogen-bond donors (Lipinski definition) is 2. The highest BCUT2D eigenvalue weighted by Gasteiger charge is 2.32. The molecule has 2 aliphatic heterocycles. The second kappa shape index (κ2) is 8.89. The van der Waals surface area contributed by atoms with Crippen molar-refractivity contribution in [3.05, 3.63) is 46.5 Å². The molecule has 2 fully saturated rings. The summed E-state index contributed by atoms with van der Waals surface area (Å²) in [7, 11) is 1.61. The Morgan fingerprint density at radius 2 is 1.88 bits per heavy atom. The number of anilines is 2. The smallest absolute Gasteiger partial charge is 0.166 e. The lowest BCUT2D eigenvalue weighted by molar-refractivity contribution is 0.0903. The van der Waals surface area contributed by atoms with Gasteiger partial charge in [-0.25, -0.2) is 14.4 Å². The molecule has 2 bridgehead atoms. The summed E-state index contributed by atoms with van der Waals surface area (Å²) in [4.78, 5) is 8.66. The molecule has 5 rings (SSSR count). The summed E-state index contributed by atoms with van der Waals surface area (Å²) in [5.41, 5.74) is 0.818. The number of benzene rings is 2. The zero-order valence-corrected chi connectivity index (χ0v) is 19.0. The first-order valence-corrected chi connectivity index (χ1v) is 11.4. The van der Waals surface area contributed by atoms with Crippen molar-refractivity contribution in [3.63, 3.8) is 0 Å². The molecule has 0 spiro atoms. The van der Waals surface area contributed by atoms with Crippen LogP contribution in [0.3, 0.4) is 0 Å². The Kier molecular flexibility index (Phi) is 5.97. The van der Waals surface area contributed by atoms with Gasteiger partial charge in [-0.15, -0.1) is 0 Å². The fourth-order valence-electron chi connectivity index (χ4n) is 4.65. The van der Waals surface area contributed by atoms with Crippen molar-refractivity contribution in [2.24, 2.45) is 0 Å². The summed E-state index contributed by atoms with van der Waals surface area (Å²) in [5, 5.41) is 7.38. The molecule has 1 aromatic heterocycles. The molecule has 2 atom stereocenters. The predicted octanol–water partition coefficient (Wildman–Crippen LogP) is 5.88. The molecule has 0 saturated carbocycles. The number of rotatable bonds is 5. The minimum Gasteiger partial charge on any atom is -0.493 e. The van der Waals surface area contributed by atoms with Gasteiger partial charge in [0.2, 0.25) is 0 Å². The van der Waals surface area contributed by atoms with Gasteiger partial charge in [0.25, 0.3) is 0 Å².